The second-order valence-corrected chi connectivity index (χ2v) is 8.86. The highest BCUT2D eigenvalue weighted by Crippen LogP contribution is 2.44. The van der Waals surface area contributed by atoms with Crippen molar-refractivity contribution in [1.29, 1.82) is 0 Å². The van der Waals surface area contributed by atoms with Crippen molar-refractivity contribution in [2.45, 2.75) is 46.0 Å². The Morgan fingerprint density at radius 2 is 1.80 bits per heavy atom. The monoisotopic (exact) mass is 446 g/mol. The maximum absolute atomic E-state index is 13.3. The predicted octanol–water partition coefficient (Wildman–Crippen LogP) is 4.14. The van der Waals surface area contributed by atoms with E-state index in [2.05, 4.69) is 6.92 Å². The number of carbonyl (C=O) groups excluding carboxylic acids is 3. The van der Waals surface area contributed by atoms with Crippen LogP contribution in [0.4, 0.5) is 5.69 Å². The van der Waals surface area contributed by atoms with Gasteiger partial charge in [-0.05, 0) is 18.9 Å². The highest BCUT2D eigenvalue weighted by Gasteiger charge is 2.42. The molecule has 0 N–H and O–H groups in total. The average molecular weight is 447 g/mol. The zero-order valence-electron chi connectivity index (χ0n) is 17.3. The summed E-state index contributed by atoms with van der Waals surface area (Å²) in [6.07, 6.45) is 4.92. The molecule has 2 aliphatic rings. The molecule has 30 heavy (non-hydrogen) atoms. The van der Waals surface area contributed by atoms with Crippen molar-refractivity contribution >= 4 is 57.3 Å². The average Bonchev–Trinajstić information content (AvgIpc) is 3.17. The van der Waals surface area contributed by atoms with E-state index in [1.807, 2.05) is 31.2 Å². The number of fused-ring (bicyclic) bond motifs is 1. The second kappa shape index (κ2) is 10.2. The Balaban J connectivity index is 1.86. The van der Waals surface area contributed by atoms with Gasteiger partial charge in [-0.3, -0.25) is 19.3 Å². The Hall–Kier alpha value is -2.19. The van der Waals surface area contributed by atoms with E-state index in [9.17, 15) is 14.4 Å². The first-order valence-electron chi connectivity index (χ1n) is 10.3. The molecule has 0 aromatic heterocycles. The van der Waals surface area contributed by atoms with Gasteiger partial charge >= 0.3 is 5.97 Å². The second-order valence-electron chi connectivity index (χ2n) is 7.22. The summed E-state index contributed by atoms with van der Waals surface area (Å²) in [6, 6.07) is 7.51. The van der Waals surface area contributed by atoms with Crippen LogP contribution in [0.15, 0.2) is 29.2 Å². The Morgan fingerprint density at radius 3 is 2.53 bits per heavy atom. The van der Waals surface area contributed by atoms with Gasteiger partial charge in [-0.15, -0.1) is 0 Å². The van der Waals surface area contributed by atoms with E-state index in [0.717, 1.165) is 48.7 Å². The van der Waals surface area contributed by atoms with E-state index in [-0.39, 0.29) is 21.7 Å². The summed E-state index contributed by atoms with van der Waals surface area (Å²) in [7, 11) is 0. The highest BCUT2D eigenvalue weighted by atomic mass is 32.2. The molecule has 8 heteroatoms. The summed E-state index contributed by atoms with van der Waals surface area (Å²) in [5.74, 6) is -1.10. The standard InChI is InChI=1S/C22H26N2O4S2/c1-3-5-6-9-12-23-16-11-8-7-10-15(16)18(20(23)26)19-21(27)24(22(29)30-19)14-17(25)28-13-4-2/h7-8,10-11H,3-6,9,12-14H2,1-2H3. The lowest BCUT2D eigenvalue weighted by atomic mass is 10.1. The number of ether oxygens (including phenoxy) is 1. The van der Waals surface area contributed by atoms with Gasteiger partial charge in [0.25, 0.3) is 11.8 Å². The van der Waals surface area contributed by atoms with E-state index < -0.39 is 11.9 Å². The summed E-state index contributed by atoms with van der Waals surface area (Å²) < 4.78 is 5.34. The minimum absolute atomic E-state index is 0.179. The van der Waals surface area contributed by atoms with Crippen LogP contribution in [-0.2, 0) is 19.1 Å². The molecule has 0 aliphatic carbocycles. The topological polar surface area (TPSA) is 66.9 Å². The van der Waals surface area contributed by atoms with Gasteiger partial charge in [0.2, 0.25) is 0 Å². The number of anilines is 1. The van der Waals surface area contributed by atoms with Crippen molar-refractivity contribution in [2.24, 2.45) is 0 Å². The molecular formula is C22H26N2O4S2. The quantitative estimate of drug-likeness (QED) is 0.246. The molecule has 2 heterocycles. The fourth-order valence-corrected chi connectivity index (χ4v) is 4.82. The molecule has 0 atom stereocenters. The number of thiocarbonyl (C=S) groups is 1. The first-order chi connectivity index (χ1) is 14.5. The molecule has 1 aromatic rings. The number of amides is 2. The van der Waals surface area contributed by atoms with Crippen molar-refractivity contribution in [2.75, 3.05) is 24.6 Å². The van der Waals surface area contributed by atoms with Crippen LogP contribution in [0.2, 0.25) is 0 Å². The molecule has 0 bridgehead atoms. The minimum atomic E-state index is -0.505. The van der Waals surface area contributed by atoms with Crippen molar-refractivity contribution in [3.63, 3.8) is 0 Å². The number of hydrogen-bond acceptors (Lipinski definition) is 6. The molecular weight excluding hydrogens is 420 g/mol. The maximum atomic E-state index is 13.3. The molecule has 0 unspecified atom stereocenters. The van der Waals surface area contributed by atoms with Crippen LogP contribution in [0.25, 0.3) is 5.57 Å². The van der Waals surface area contributed by atoms with Crippen LogP contribution in [0.3, 0.4) is 0 Å². The molecule has 160 valence electrons. The molecule has 2 aliphatic heterocycles. The lowest BCUT2D eigenvalue weighted by molar-refractivity contribution is -0.146. The van der Waals surface area contributed by atoms with Crippen LogP contribution in [-0.4, -0.2) is 46.7 Å². The van der Waals surface area contributed by atoms with E-state index in [1.54, 1.807) is 4.90 Å². The lowest BCUT2D eigenvalue weighted by Gasteiger charge is -2.16. The third kappa shape index (κ3) is 4.59. The van der Waals surface area contributed by atoms with Gasteiger partial charge in [0.1, 0.15) is 10.9 Å². The summed E-state index contributed by atoms with van der Waals surface area (Å²) in [6.45, 7) is 4.72. The Bertz CT molecular complexity index is 897. The zero-order chi connectivity index (χ0) is 21.7. The number of unbranched alkanes of at least 4 members (excludes halogenated alkanes) is 3. The van der Waals surface area contributed by atoms with Gasteiger partial charge < -0.3 is 9.64 Å². The van der Waals surface area contributed by atoms with Gasteiger partial charge in [-0.25, -0.2) is 0 Å². The van der Waals surface area contributed by atoms with Gasteiger partial charge in [-0.2, -0.15) is 0 Å². The molecule has 1 saturated heterocycles. The number of nitrogens with zero attached hydrogens (tertiary/aromatic N) is 2. The third-order valence-electron chi connectivity index (χ3n) is 4.99. The van der Waals surface area contributed by atoms with Crippen molar-refractivity contribution < 1.29 is 19.1 Å². The maximum Gasteiger partial charge on any atom is 0.326 e. The smallest absolute Gasteiger partial charge is 0.326 e. The lowest BCUT2D eigenvalue weighted by Crippen LogP contribution is -2.35. The largest absolute Gasteiger partial charge is 0.464 e. The molecule has 2 amide bonds. The van der Waals surface area contributed by atoms with Gasteiger partial charge in [0.05, 0.1) is 22.8 Å². The summed E-state index contributed by atoms with van der Waals surface area (Å²) >= 11 is 6.41. The number of benzene rings is 1. The molecule has 0 spiro atoms. The first-order valence-corrected chi connectivity index (χ1v) is 11.6. The van der Waals surface area contributed by atoms with E-state index >= 15 is 0 Å². The molecule has 1 fully saturated rings. The normalized spacial score (nSPS) is 18.4. The highest BCUT2D eigenvalue weighted by molar-refractivity contribution is 8.26. The summed E-state index contributed by atoms with van der Waals surface area (Å²) in [4.78, 5) is 41.6. The Morgan fingerprint density at radius 1 is 1.03 bits per heavy atom. The third-order valence-corrected chi connectivity index (χ3v) is 6.44. The van der Waals surface area contributed by atoms with Crippen molar-refractivity contribution in [1.82, 2.24) is 4.90 Å². The van der Waals surface area contributed by atoms with Crippen molar-refractivity contribution in [3.8, 4) is 0 Å². The number of thioether (sulfide) groups is 1. The summed E-state index contributed by atoms with van der Waals surface area (Å²) in [5.41, 5.74) is 1.94. The zero-order valence-corrected chi connectivity index (χ0v) is 18.9. The van der Waals surface area contributed by atoms with Crippen LogP contribution >= 0.6 is 24.0 Å². The number of para-hydroxylation sites is 1. The predicted molar refractivity (Wildman–Crippen MR) is 123 cm³/mol. The van der Waals surface area contributed by atoms with Crippen LogP contribution in [0.5, 0.6) is 0 Å². The van der Waals surface area contributed by atoms with E-state index in [0.29, 0.717) is 25.1 Å². The number of carbonyl (C=O) groups is 3. The number of hydrogen-bond donors (Lipinski definition) is 0. The Labute approximate surface area is 186 Å². The molecule has 3 rings (SSSR count). The molecule has 1 aromatic carbocycles. The first kappa shape index (κ1) is 22.5. The van der Waals surface area contributed by atoms with Gasteiger partial charge in [0.15, 0.2) is 0 Å². The molecule has 0 saturated carbocycles. The summed E-state index contributed by atoms with van der Waals surface area (Å²) in [5, 5.41) is 0. The van der Waals surface area contributed by atoms with Crippen LogP contribution in [0.1, 0.15) is 51.5 Å². The van der Waals surface area contributed by atoms with E-state index in [4.69, 9.17) is 17.0 Å². The molecule has 0 radical (unpaired) electrons. The van der Waals surface area contributed by atoms with Gasteiger partial charge in [-0.1, -0.05) is 75.3 Å². The fraction of sp³-hybridized carbons (Fsp3) is 0.455. The number of esters is 1. The van der Waals surface area contributed by atoms with Crippen molar-refractivity contribution in [3.05, 3.63) is 34.7 Å². The fourth-order valence-electron chi connectivity index (χ4n) is 3.49. The van der Waals surface area contributed by atoms with Crippen LogP contribution < -0.4 is 4.90 Å². The van der Waals surface area contributed by atoms with Crippen LogP contribution in [0, 0.1) is 0 Å². The van der Waals surface area contributed by atoms with E-state index in [1.165, 1.54) is 4.90 Å². The molecule has 6 nitrogen and oxygen atoms in total. The minimum Gasteiger partial charge on any atom is -0.464 e. The Kier molecular flexibility index (Phi) is 7.66. The van der Waals surface area contributed by atoms with Gasteiger partial charge in [0, 0.05) is 12.1 Å². The SMILES string of the molecule is CCCCCCN1C(=O)C(=C2SC(=S)N(CC(=O)OCCC)C2=O)c2ccccc21. The number of rotatable bonds is 9.